The second kappa shape index (κ2) is 4.50. The molecule has 3 nitrogen and oxygen atoms in total. The van der Waals surface area contributed by atoms with Crippen molar-refractivity contribution in [2.75, 3.05) is 13.6 Å². The Morgan fingerprint density at radius 1 is 1.38 bits per heavy atom. The van der Waals surface area contributed by atoms with Gasteiger partial charge in [0.25, 0.3) is 0 Å². The molecule has 1 aliphatic rings. The van der Waals surface area contributed by atoms with Crippen molar-refractivity contribution in [3.05, 3.63) is 23.3 Å². The second-order valence-electron chi connectivity index (χ2n) is 4.84. The van der Waals surface area contributed by atoms with Gasteiger partial charge in [-0.05, 0) is 39.3 Å². The third-order valence-electron chi connectivity index (χ3n) is 3.57. The van der Waals surface area contributed by atoms with Gasteiger partial charge >= 0.3 is 0 Å². The molecule has 0 atom stereocenters. The molecule has 1 N–H and O–H groups in total. The van der Waals surface area contributed by atoms with Crippen molar-refractivity contribution in [1.82, 2.24) is 15.3 Å². The summed E-state index contributed by atoms with van der Waals surface area (Å²) in [7, 11) is 2.01. The quantitative estimate of drug-likeness (QED) is 0.841. The largest absolute Gasteiger partial charge is 0.319 e. The fraction of sp³-hybridized carbons (Fsp3) is 0.692. The average Bonchev–Trinajstić information content (AvgIpc) is 2.22. The third kappa shape index (κ3) is 1.96. The number of likely N-dealkylation sites (N-methyl/N-ethyl adjacent to an activating group) is 1. The van der Waals surface area contributed by atoms with E-state index in [1.165, 1.54) is 25.0 Å². The maximum absolute atomic E-state index is 4.71. The highest BCUT2D eigenvalue weighted by Gasteiger charge is 2.40. The minimum absolute atomic E-state index is 0.213. The molecule has 0 aromatic carbocycles. The normalized spacial score (nSPS) is 18.2. The lowest BCUT2D eigenvalue weighted by atomic mass is 9.68. The Labute approximate surface area is 97.7 Å². The van der Waals surface area contributed by atoms with Gasteiger partial charge in [0, 0.05) is 23.3 Å². The van der Waals surface area contributed by atoms with E-state index in [4.69, 9.17) is 4.98 Å². The summed E-state index contributed by atoms with van der Waals surface area (Å²) in [6.45, 7) is 5.22. The zero-order valence-corrected chi connectivity index (χ0v) is 10.5. The standard InChI is InChI=1S/C13H21N3/c1-4-11-8-10(2)15-12(16-11)13(9-14-3)6-5-7-13/h8,14H,4-7,9H2,1-3H3. The molecule has 0 amide bonds. The summed E-state index contributed by atoms with van der Waals surface area (Å²) in [6.07, 6.45) is 4.74. The summed E-state index contributed by atoms with van der Waals surface area (Å²) in [4.78, 5) is 9.36. The van der Waals surface area contributed by atoms with Crippen LogP contribution in [0.25, 0.3) is 0 Å². The van der Waals surface area contributed by atoms with Gasteiger partial charge < -0.3 is 5.32 Å². The maximum atomic E-state index is 4.71. The number of nitrogens with one attached hydrogen (secondary N) is 1. The molecule has 1 saturated carbocycles. The minimum atomic E-state index is 0.213. The number of nitrogens with zero attached hydrogens (tertiary/aromatic N) is 2. The molecule has 16 heavy (non-hydrogen) atoms. The Bertz CT molecular complexity index is 369. The van der Waals surface area contributed by atoms with Crippen LogP contribution in [0.2, 0.25) is 0 Å². The minimum Gasteiger partial charge on any atom is -0.319 e. The van der Waals surface area contributed by atoms with E-state index in [9.17, 15) is 0 Å². The monoisotopic (exact) mass is 219 g/mol. The van der Waals surface area contributed by atoms with Gasteiger partial charge in [-0.15, -0.1) is 0 Å². The number of hydrogen-bond acceptors (Lipinski definition) is 3. The second-order valence-corrected chi connectivity index (χ2v) is 4.84. The lowest BCUT2D eigenvalue weighted by Gasteiger charge is -2.40. The Kier molecular flexibility index (Phi) is 3.24. The van der Waals surface area contributed by atoms with Gasteiger partial charge in [0.05, 0.1) is 0 Å². The average molecular weight is 219 g/mol. The molecule has 0 aliphatic heterocycles. The van der Waals surface area contributed by atoms with Gasteiger partial charge in [0.2, 0.25) is 0 Å². The van der Waals surface area contributed by atoms with Crippen molar-refractivity contribution >= 4 is 0 Å². The molecule has 1 heterocycles. The van der Waals surface area contributed by atoms with E-state index in [1.54, 1.807) is 0 Å². The predicted octanol–water partition coefficient (Wildman–Crippen LogP) is 1.99. The Morgan fingerprint density at radius 3 is 2.62 bits per heavy atom. The summed E-state index contributed by atoms with van der Waals surface area (Å²) in [5, 5.41) is 3.29. The van der Waals surface area contributed by atoms with Crippen molar-refractivity contribution in [2.45, 2.75) is 44.9 Å². The smallest absolute Gasteiger partial charge is 0.136 e. The van der Waals surface area contributed by atoms with E-state index in [0.717, 1.165) is 24.5 Å². The van der Waals surface area contributed by atoms with Crippen LogP contribution in [0.5, 0.6) is 0 Å². The fourth-order valence-corrected chi connectivity index (χ4v) is 2.47. The number of aryl methyl sites for hydroxylation is 2. The number of aromatic nitrogens is 2. The maximum Gasteiger partial charge on any atom is 0.136 e. The lowest BCUT2D eigenvalue weighted by molar-refractivity contribution is 0.224. The van der Waals surface area contributed by atoms with Crippen LogP contribution in [0.3, 0.4) is 0 Å². The molecule has 88 valence electrons. The first-order chi connectivity index (χ1) is 7.70. The van der Waals surface area contributed by atoms with Crippen molar-refractivity contribution < 1.29 is 0 Å². The summed E-state index contributed by atoms with van der Waals surface area (Å²) < 4.78 is 0. The van der Waals surface area contributed by atoms with Crippen molar-refractivity contribution in [3.63, 3.8) is 0 Å². The van der Waals surface area contributed by atoms with Gasteiger partial charge in [-0.1, -0.05) is 13.3 Å². The van der Waals surface area contributed by atoms with Gasteiger partial charge in [0.15, 0.2) is 0 Å². The van der Waals surface area contributed by atoms with E-state index in [-0.39, 0.29) is 5.41 Å². The summed E-state index contributed by atoms with van der Waals surface area (Å²) in [6, 6.07) is 2.09. The van der Waals surface area contributed by atoms with E-state index in [1.807, 2.05) is 7.05 Å². The van der Waals surface area contributed by atoms with Crippen molar-refractivity contribution in [1.29, 1.82) is 0 Å². The zero-order valence-electron chi connectivity index (χ0n) is 10.5. The number of hydrogen-bond donors (Lipinski definition) is 1. The van der Waals surface area contributed by atoms with Gasteiger partial charge in [-0.25, -0.2) is 9.97 Å². The van der Waals surface area contributed by atoms with Crippen molar-refractivity contribution in [2.24, 2.45) is 0 Å². The van der Waals surface area contributed by atoms with Crippen LogP contribution in [0.1, 0.15) is 43.4 Å². The molecular formula is C13H21N3. The van der Waals surface area contributed by atoms with E-state index < -0.39 is 0 Å². The zero-order chi connectivity index (χ0) is 11.6. The summed E-state index contributed by atoms with van der Waals surface area (Å²) >= 11 is 0. The number of rotatable bonds is 4. The first kappa shape index (κ1) is 11.5. The molecule has 0 bridgehead atoms. The topological polar surface area (TPSA) is 37.8 Å². The van der Waals surface area contributed by atoms with Crippen LogP contribution in [0, 0.1) is 6.92 Å². The molecule has 1 aromatic heterocycles. The Hall–Kier alpha value is -0.960. The molecule has 1 fully saturated rings. The molecule has 0 radical (unpaired) electrons. The highest BCUT2D eigenvalue weighted by atomic mass is 15.0. The molecule has 0 unspecified atom stereocenters. The van der Waals surface area contributed by atoms with Gasteiger partial charge in [-0.2, -0.15) is 0 Å². The molecule has 1 aliphatic carbocycles. The highest BCUT2D eigenvalue weighted by molar-refractivity contribution is 5.19. The molecule has 2 rings (SSSR count). The van der Waals surface area contributed by atoms with Crippen LogP contribution in [0.15, 0.2) is 6.07 Å². The molecule has 3 heteroatoms. The van der Waals surface area contributed by atoms with E-state index in [2.05, 4.69) is 30.2 Å². The third-order valence-corrected chi connectivity index (χ3v) is 3.57. The predicted molar refractivity (Wildman–Crippen MR) is 65.6 cm³/mol. The SMILES string of the molecule is CCc1cc(C)nc(C2(CNC)CCC2)n1. The van der Waals surface area contributed by atoms with Crippen LogP contribution < -0.4 is 5.32 Å². The molecule has 0 spiro atoms. The summed E-state index contributed by atoms with van der Waals surface area (Å²) in [5.41, 5.74) is 2.49. The van der Waals surface area contributed by atoms with E-state index >= 15 is 0 Å². The molecule has 0 saturated heterocycles. The van der Waals surface area contributed by atoms with Crippen LogP contribution >= 0.6 is 0 Å². The highest BCUT2D eigenvalue weighted by Crippen LogP contribution is 2.41. The van der Waals surface area contributed by atoms with Crippen molar-refractivity contribution in [3.8, 4) is 0 Å². The Balaban J connectivity index is 2.34. The van der Waals surface area contributed by atoms with Gasteiger partial charge in [-0.3, -0.25) is 0 Å². The molecular weight excluding hydrogens is 198 g/mol. The summed E-state index contributed by atoms with van der Waals surface area (Å²) in [5.74, 6) is 1.06. The van der Waals surface area contributed by atoms with Crippen LogP contribution in [-0.2, 0) is 11.8 Å². The van der Waals surface area contributed by atoms with Crippen LogP contribution in [0.4, 0.5) is 0 Å². The van der Waals surface area contributed by atoms with E-state index in [0.29, 0.717) is 0 Å². The Morgan fingerprint density at radius 2 is 2.12 bits per heavy atom. The lowest BCUT2D eigenvalue weighted by Crippen LogP contribution is -2.44. The first-order valence-electron chi connectivity index (χ1n) is 6.20. The fourth-order valence-electron chi connectivity index (χ4n) is 2.47. The molecule has 1 aromatic rings. The first-order valence-corrected chi connectivity index (χ1v) is 6.20. The van der Waals surface area contributed by atoms with Gasteiger partial charge in [0.1, 0.15) is 5.82 Å². The van der Waals surface area contributed by atoms with Crippen LogP contribution in [-0.4, -0.2) is 23.6 Å².